The van der Waals surface area contributed by atoms with Crippen molar-refractivity contribution < 1.29 is 0 Å². The molecule has 0 bridgehead atoms. The first-order valence-corrected chi connectivity index (χ1v) is 7.47. The first-order valence-electron chi connectivity index (χ1n) is 7.47. The molecule has 20 heavy (non-hydrogen) atoms. The smallest absolute Gasteiger partial charge is 0.0684 e. The van der Waals surface area contributed by atoms with Crippen LogP contribution in [-0.4, -0.2) is 22.9 Å². The lowest BCUT2D eigenvalue weighted by Gasteiger charge is -2.20. The third-order valence-electron chi connectivity index (χ3n) is 4.33. The highest BCUT2D eigenvalue weighted by Crippen LogP contribution is 2.30. The second-order valence-electron chi connectivity index (χ2n) is 5.92. The molecule has 1 saturated heterocycles. The fourth-order valence-corrected chi connectivity index (χ4v) is 3.07. The van der Waals surface area contributed by atoms with Crippen molar-refractivity contribution in [3.63, 3.8) is 0 Å². The lowest BCUT2D eigenvalue weighted by atomic mass is 9.94. The zero-order valence-electron chi connectivity index (χ0n) is 12.6. The minimum absolute atomic E-state index is 0.612. The second kappa shape index (κ2) is 5.41. The van der Waals surface area contributed by atoms with Crippen molar-refractivity contribution in [2.45, 2.75) is 32.6 Å². The van der Waals surface area contributed by atoms with E-state index in [-0.39, 0.29) is 0 Å². The summed E-state index contributed by atoms with van der Waals surface area (Å²) in [7, 11) is 2.06. The maximum absolute atomic E-state index is 4.77. The molecule has 0 spiro atoms. The van der Waals surface area contributed by atoms with Gasteiger partial charge in [0.15, 0.2) is 0 Å². The van der Waals surface area contributed by atoms with E-state index in [1.807, 2.05) is 4.68 Å². The summed E-state index contributed by atoms with van der Waals surface area (Å²) in [6, 6.07) is 8.92. The molecular weight excluding hydrogens is 246 g/mol. The van der Waals surface area contributed by atoms with Crippen molar-refractivity contribution in [1.29, 1.82) is 0 Å². The zero-order chi connectivity index (χ0) is 14.1. The SMILES string of the molecule is Cc1ccc(C)c(-c2cc(C3CCNCC3)nn2C)c1. The van der Waals surface area contributed by atoms with Crippen LogP contribution in [0.1, 0.15) is 35.6 Å². The number of aryl methyl sites for hydroxylation is 3. The third-order valence-corrected chi connectivity index (χ3v) is 4.33. The second-order valence-corrected chi connectivity index (χ2v) is 5.92. The number of nitrogens with one attached hydrogen (secondary N) is 1. The standard InChI is InChI=1S/C17H23N3/c1-12-4-5-13(2)15(10-12)17-11-16(19-20(17)3)14-6-8-18-9-7-14/h4-5,10-11,14,18H,6-9H2,1-3H3. The quantitative estimate of drug-likeness (QED) is 0.907. The number of piperidine rings is 1. The maximum atomic E-state index is 4.77. The molecule has 1 fully saturated rings. The van der Waals surface area contributed by atoms with E-state index in [1.54, 1.807) is 0 Å². The summed E-state index contributed by atoms with van der Waals surface area (Å²) >= 11 is 0. The zero-order valence-corrected chi connectivity index (χ0v) is 12.6. The van der Waals surface area contributed by atoms with Gasteiger partial charge >= 0.3 is 0 Å². The van der Waals surface area contributed by atoms with E-state index in [0.717, 1.165) is 13.1 Å². The van der Waals surface area contributed by atoms with E-state index in [0.29, 0.717) is 5.92 Å². The third kappa shape index (κ3) is 2.50. The molecular formula is C17H23N3. The van der Waals surface area contributed by atoms with Gasteiger partial charge in [0, 0.05) is 18.5 Å². The summed E-state index contributed by atoms with van der Waals surface area (Å²) in [5, 5.41) is 8.19. The molecule has 2 heterocycles. The first-order chi connectivity index (χ1) is 9.65. The van der Waals surface area contributed by atoms with Gasteiger partial charge in [-0.05, 0) is 57.5 Å². The number of nitrogens with zero attached hydrogens (tertiary/aromatic N) is 2. The molecule has 3 nitrogen and oxygen atoms in total. The van der Waals surface area contributed by atoms with Crippen LogP contribution in [0.5, 0.6) is 0 Å². The van der Waals surface area contributed by atoms with Gasteiger partial charge in [-0.25, -0.2) is 0 Å². The van der Waals surface area contributed by atoms with Crippen LogP contribution in [0.4, 0.5) is 0 Å². The molecule has 1 aliphatic rings. The number of aromatic nitrogens is 2. The molecule has 3 heteroatoms. The van der Waals surface area contributed by atoms with Gasteiger partial charge < -0.3 is 5.32 Å². The van der Waals surface area contributed by atoms with Crippen molar-refractivity contribution in [3.8, 4) is 11.3 Å². The van der Waals surface area contributed by atoms with Gasteiger partial charge in [-0.3, -0.25) is 4.68 Å². The van der Waals surface area contributed by atoms with Crippen LogP contribution in [0.25, 0.3) is 11.3 Å². The van der Waals surface area contributed by atoms with E-state index >= 15 is 0 Å². The summed E-state index contributed by atoms with van der Waals surface area (Å²) < 4.78 is 2.04. The Bertz CT molecular complexity index is 607. The highest BCUT2D eigenvalue weighted by atomic mass is 15.3. The van der Waals surface area contributed by atoms with E-state index in [1.165, 1.54) is 40.9 Å². The first kappa shape index (κ1) is 13.4. The minimum atomic E-state index is 0.612. The van der Waals surface area contributed by atoms with Crippen LogP contribution < -0.4 is 5.32 Å². The molecule has 0 amide bonds. The highest BCUT2D eigenvalue weighted by molar-refractivity contribution is 5.65. The van der Waals surface area contributed by atoms with E-state index in [2.05, 4.69) is 50.5 Å². The largest absolute Gasteiger partial charge is 0.317 e. The molecule has 0 atom stereocenters. The Hall–Kier alpha value is -1.61. The molecule has 2 aromatic rings. The van der Waals surface area contributed by atoms with Crippen LogP contribution in [0.15, 0.2) is 24.3 Å². The van der Waals surface area contributed by atoms with Crippen molar-refractivity contribution in [3.05, 3.63) is 41.1 Å². The predicted molar refractivity (Wildman–Crippen MR) is 83.0 cm³/mol. The molecule has 0 radical (unpaired) electrons. The van der Waals surface area contributed by atoms with Gasteiger partial charge in [0.2, 0.25) is 0 Å². The average molecular weight is 269 g/mol. The molecule has 1 aromatic heterocycles. The summed E-state index contributed by atoms with van der Waals surface area (Å²) in [5.41, 5.74) is 6.41. The van der Waals surface area contributed by atoms with E-state index < -0.39 is 0 Å². The molecule has 0 saturated carbocycles. The lowest BCUT2D eigenvalue weighted by Crippen LogP contribution is -2.26. The Morgan fingerprint density at radius 3 is 2.65 bits per heavy atom. The molecule has 1 aromatic carbocycles. The number of hydrogen-bond donors (Lipinski definition) is 1. The van der Waals surface area contributed by atoms with Crippen LogP contribution >= 0.6 is 0 Å². The van der Waals surface area contributed by atoms with Crippen LogP contribution in [-0.2, 0) is 7.05 Å². The van der Waals surface area contributed by atoms with Gasteiger partial charge in [-0.15, -0.1) is 0 Å². The summed E-state index contributed by atoms with van der Waals surface area (Å²) in [6.07, 6.45) is 2.40. The van der Waals surface area contributed by atoms with Crippen LogP contribution in [0.3, 0.4) is 0 Å². The number of hydrogen-bond acceptors (Lipinski definition) is 2. The molecule has 1 aliphatic heterocycles. The molecule has 1 N–H and O–H groups in total. The Balaban J connectivity index is 1.98. The summed E-state index contributed by atoms with van der Waals surface area (Å²) in [5.74, 6) is 0.612. The highest BCUT2D eigenvalue weighted by Gasteiger charge is 2.20. The van der Waals surface area contributed by atoms with Crippen LogP contribution in [0, 0.1) is 13.8 Å². The Kier molecular flexibility index (Phi) is 3.62. The Labute approximate surface area is 121 Å². The van der Waals surface area contributed by atoms with Crippen molar-refractivity contribution in [1.82, 2.24) is 15.1 Å². The van der Waals surface area contributed by atoms with Crippen molar-refractivity contribution in [2.75, 3.05) is 13.1 Å². The van der Waals surface area contributed by atoms with Crippen molar-refractivity contribution >= 4 is 0 Å². The molecule has 3 rings (SSSR count). The van der Waals surface area contributed by atoms with E-state index in [4.69, 9.17) is 5.10 Å². The number of rotatable bonds is 2. The minimum Gasteiger partial charge on any atom is -0.317 e. The predicted octanol–water partition coefficient (Wildman–Crippen LogP) is 3.17. The summed E-state index contributed by atoms with van der Waals surface area (Å²) in [6.45, 7) is 6.54. The van der Waals surface area contributed by atoms with Crippen molar-refractivity contribution in [2.24, 2.45) is 7.05 Å². The monoisotopic (exact) mass is 269 g/mol. The fraction of sp³-hybridized carbons (Fsp3) is 0.471. The normalized spacial score (nSPS) is 16.6. The maximum Gasteiger partial charge on any atom is 0.0684 e. The topological polar surface area (TPSA) is 29.9 Å². The van der Waals surface area contributed by atoms with Crippen LogP contribution in [0.2, 0.25) is 0 Å². The lowest BCUT2D eigenvalue weighted by molar-refractivity contribution is 0.450. The van der Waals surface area contributed by atoms with Gasteiger partial charge in [-0.1, -0.05) is 17.7 Å². The average Bonchev–Trinajstić information content (AvgIpc) is 2.84. The fourth-order valence-electron chi connectivity index (χ4n) is 3.07. The Morgan fingerprint density at radius 1 is 1.15 bits per heavy atom. The molecule has 0 unspecified atom stereocenters. The summed E-state index contributed by atoms with van der Waals surface area (Å²) in [4.78, 5) is 0. The molecule has 106 valence electrons. The van der Waals surface area contributed by atoms with Gasteiger partial charge in [0.1, 0.15) is 0 Å². The van der Waals surface area contributed by atoms with Gasteiger partial charge in [0.05, 0.1) is 11.4 Å². The van der Waals surface area contributed by atoms with E-state index in [9.17, 15) is 0 Å². The van der Waals surface area contributed by atoms with Gasteiger partial charge in [-0.2, -0.15) is 5.10 Å². The molecule has 0 aliphatic carbocycles. The van der Waals surface area contributed by atoms with Gasteiger partial charge in [0.25, 0.3) is 0 Å². The Morgan fingerprint density at radius 2 is 1.90 bits per heavy atom. The number of benzene rings is 1.